The predicted molar refractivity (Wildman–Crippen MR) is 120 cm³/mol. The minimum absolute atomic E-state index is 0.0105. The van der Waals surface area contributed by atoms with Gasteiger partial charge < -0.3 is 5.32 Å². The van der Waals surface area contributed by atoms with Gasteiger partial charge in [-0.15, -0.1) is 0 Å². The highest BCUT2D eigenvalue weighted by molar-refractivity contribution is 7.90. The van der Waals surface area contributed by atoms with Crippen molar-refractivity contribution in [3.05, 3.63) is 64.4 Å². The topological polar surface area (TPSA) is 66.5 Å². The molecule has 1 aliphatic heterocycles. The number of nitrogens with zero attached hydrogens (tertiary/aromatic N) is 1. The third kappa shape index (κ3) is 6.28. The van der Waals surface area contributed by atoms with Crippen LogP contribution in [0.15, 0.2) is 47.4 Å². The van der Waals surface area contributed by atoms with Crippen LogP contribution in [0.4, 0.5) is 4.39 Å². The maximum absolute atomic E-state index is 14.0. The van der Waals surface area contributed by atoms with Crippen LogP contribution in [0.25, 0.3) is 0 Å². The van der Waals surface area contributed by atoms with Gasteiger partial charge in [-0.2, -0.15) is 0 Å². The summed E-state index contributed by atoms with van der Waals surface area (Å²) >= 11 is 5.81. The Balaban J connectivity index is 1.54. The summed E-state index contributed by atoms with van der Waals surface area (Å²) in [7, 11) is -3.25. The summed E-state index contributed by atoms with van der Waals surface area (Å²) in [6, 6.07) is 11.2. The summed E-state index contributed by atoms with van der Waals surface area (Å²) in [6.07, 6.45) is 3.31. The lowest BCUT2D eigenvalue weighted by molar-refractivity contribution is -0.127. The Bertz CT molecular complexity index is 1020. The molecule has 0 bridgehead atoms. The highest BCUT2D eigenvalue weighted by atomic mass is 35.5. The van der Waals surface area contributed by atoms with Crippen LogP contribution in [-0.2, 0) is 21.2 Å². The molecule has 1 amide bonds. The number of hydrogen-bond donors (Lipinski definition) is 1. The van der Waals surface area contributed by atoms with Crippen LogP contribution in [0.2, 0.25) is 5.02 Å². The van der Waals surface area contributed by atoms with Gasteiger partial charge in [0.1, 0.15) is 5.82 Å². The lowest BCUT2D eigenvalue weighted by Gasteiger charge is -2.32. The first kappa shape index (κ1) is 23.7. The van der Waals surface area contributed by atoms with Gasteiger partial charge in [0.25, 0.3) is 0 Å². The monoisotopic (exact) mass is 466 g/mol. The summed E-state index contributed by atoms with van der Waals surface area (Å²) in [5.41, 5.74) is 1.50. The standard InChI is InChI=1S/C23H28ClFN2O3S/c1-3-22(16-5-8-20(9-6-16)31(2,29)30)26-23(28)17-10-12-27(13-11-17)15-18-4-7-19(24)14-21(18)25/h4-9,14,17,22H,3,10-13,15H2,1-2H3,(H,26,28). The second kappa shape index (κ2) is 10.1. The molecule has 0 aliphatic carbocycles. The van der Waals surface area contributed by atoms with Crippen LogP contribution < -0.4 is 5.32 Å². The second-order valence-corrected chi connectivity index (χ2v) is 10.5. The zero-order valence-corrected chi connectivity index (χ0v) is 19.3. The number of rotatable bonds is 7. The van der Waals surface area contributed by atoms with Gasteiger partial charge in [-0.25, -0.2) is 12.8 Å². The number of carbonyl (C=O) groups excluding carboxylic acids is 1. The number of nitrogens with one attached hydrogen (secondary N) is 1. The first-order valence-electron chi connectivity index (χ1n) is 10.4. The third-order valence-electron chi connectivity index (χ3n) is 5.80. The molecule has 5 nitrogen and oxygen atoms in total. The molecule has 0 aromatic heterocycles. The molecule has 2 aromatic rings. The van der Waals surface area contributed by atoms with Crippen molar-refractivity contribution in [2.75, 3.05) is 19.3 Å². The first-order chi connectivity index (χ1) is 14.7. The smallest absolute Gasteiger partial charge is 0.223 e. The lowest BCUT2D eigenvalue weighted by atomic mass is 9.94. The molecular weight excluding hydrogens is 439 g/mol. The molecule has 8 heteroatoms. The highest BCUT2D eigenvalue weighted by Gasteiger charge is 2.27. The summed E-state index contributed by atoms with van der Waals surface area (Å²) in [5, 5.41) is 3.49. The van der Waals surface area contributed by atoms with Crippen molar-refractivity contribution in [1.29, 1.82) is 0 Å². The quantitative estimate of drug-likeness (QED) is 0.658. The maximum Gasteiger partial charge on any atom is 0.223 e. The largest absolute Gasteiger partial charge is 0.349 e. The van der Waals surface area contributed by atoms with Crippen molar-refractivity contribution < 1.29 is 17.6 Å². The number of benzene rings is 2. The molecule has 1 saturated heterocycles. The molecule has 1 aliphatic rings. The molecular formula is C23H28ClFN2O3S. The molecule has 31 heavy (non-hydrogen) atoms. The van der Waals surface area contributed by atoms with Crippen LogP contribution >= 0.6 is 11.6 Å². The van der Waals surface area contributed by atoms with Gasteiger partial charge in [0.2, 0.25) is 5.91 Å². The normalized spacial score (nSPS) is 16.8. The van der Waals surface area contributed by atoms with E-state index in [9.17, 15) is 17.6 Å². The first-order valence-corrected chi connectivity index (χ1v) is 12.7. The number of piperidine rings is 1. The Labute approximate surface area is 188 Å². The van der Waals surface area contributed by atoms with E-state index in [1.54, 1.807) is 36.4 Å². The van der Waals surface area contributed by atoms with Gasteiger partial charge in [0, 0.05) is 29.3 Å². The number of sulfone groups is 1. The Morgan fingerprint density at radius 2 is 1.84 bits per heavy atom. The molecule has 1 heterocycles. The SMILES string of the molecule is CCC(NC(=O)C1CCN(Cc2ccc(Cl)cc2F)CC1)c1ccc(S(C)(=O)=O)cc1. The van der Waals surface area contributed by atoms with E-state index in [2.05, 4.69) is 10.2 Å². The Morgan fingerprint density at radius 3 is 2.39 bits per heavy atom. The minimum Gasteiger partial charge on any atom is -0.349 e. The fraction of sp³-hybridized carbons (Fsp3) is 0.435. The van der Waals surface area contributed by atoms with Crippen LogP contribution in [0.5, 0.6) is 0 Å². The van der Waals surface area contributed by atoms with E-state index in [0.717, 1.165) is 18.7 Å². The molecule has 0 saturated carbocycles. The van der Waals surface area contributed by atoms with E-state index < -0.39 is 9.84 Å². The van der Waals surface area contributed by atoms with Crippen molar-refractivity contribution in [2.24, 2.45) is 5.92 Å². The summed E-state index contributed by atoms with van der Waals surface area (Å²) in [5.74, 6) is -0.382. The molecule has 0 spiro atoms. The molecule has 1 N–H and O–H groups in total. The van der Waals surface area contributed by atoms with E-state index in [1.165, 1.54) is 12.3 Å². The minimum atomic E-state index is -3.25. The van der Waals surface area contributed by atoms with Crippen molar-refractivity contribution in [2.45, 2.75) is 43.7 Å². The van der Waals surface area contributed by atoms with E-state index in [4.69, 9.17) is 11.6 Å². The Kier molecular flexibility index (Phi) is 7.73. The average Bonchev–Trinajstić information content (AvgIpc) is 2.74. The summed E-state index contributed by atoms with van der Waals surface area (Å²) in [4.78, 5) is 15.2. The highest BCUT2D eigenvalue weighted by Crippen LogP contribution is 2.24. The van der Waals surface area contributed by atoms with Crippen LogP contribution in [0.1, 0.15) is 43.4 Å². The van der Waals surface area contributed by atoms with Gasteiger partial charge >= 0.3 is 0 Å². The van der Waals surface area contributed by atoms with Crippen molar-refractivity contribution >= 4 is 27.3 Å². The zero-order valence-electron chi connectivity index (χ0n) is 17.8. The van der Waals surface area contributed by atoms with Gasteiger partial charge in [0.15, 0.2) is 9.84 Å². The third-order valence-corrected chi connectivity index (χ3v) is 7.17. The van der Waals surface area contributed by atoms with Gasteiger partial charge in [-0.05, 0) is 62.2 Å². The molecule has 2 aromatic carbocycles. The molecule has 1 fully saturated rings. The second-order valence-electron chi connectivity index (χ2n) is 8.10. The van der Waals surface area contributed by atoms with Crippen LogP contribution in [0, 0.1) is 11.7 Å². The van der Waals surface area contributed by atoms with E-state index in [1.807, 2.05) is 6.92 Å². The molecule has 168 valence electrons. The number of likely N-dealkylation sites (tertiary alicyclic amines) is 1. The van der Waals surface area contributed by atoms with Gasteiger partial charge in [-0.1, -0.05) is 36.7 Å². The van der Waals surface area contributed by atoms with Crippen LogP contribution in [0.3, 0.4) is 0 Å². The fourth-order valence-corrected chi connectivity index (χ4v) is 4.69. The number of halogens is 2. The van der Waals surface area contributed by atoms with Crippen molar-refractivity contribution in [3.63, 3.8) is 0 Å². The predicted octanol–water partition coefficient (Wildman–Crippen LogP) is 4.36. The lowest BCUT2D eigenvalue weighted by Crippen LogP contribution is -2.41. The number of carbonyl (C=O) groups is 1. The van der Waals surface area contributed by atoms with E-state index in [-0.39, 0.29) is 28.6 Å². The number of amides is 1. The summed E-state index contributed by atoms with van der Waals surface area (Å²) < 4.78 is 37.3. The van der Waals surface area contributed by atoms with Crippen molar-refractivity contribution in [1.82, 2.24) is 10.2 Å². The molecule has 0 radical (unpaired) electrons. The van der Waals surface area contributed by atoms with E-state index in [0.29, 0.717) is 36.4 Å². The molecule has 1 unspecified atom stereocenters. The van der Waals surface area contributed by atoms with Crippen LogP contribution in [-0.4, -0.2) is 38.6 Å². The molecule has 3 rings (SSSR count). The fourth-order valence-electron chi connectivity index (χ4n) is 3.90. The summed E-state index contributed by atoms with van der Waals surface area (Å²) in [6.45, 7) is 3.93. The Morgan fingerprint density at radius 1 is 1.19 bits per heavy atom. The average molecular weight is 467 g/mol. The van der Waals surface area contributed by atoms with Gasteiger partial charge in [0.05, 0.1) is 10.9 Å². The van der Waals surface area contributed by atoms with Crippen molar-refractivity contribution in [3.8, 4) is 0 Å². The number of hydrogen-bond acceptors (Lipinski definition) is 4. The van der Waals surface area contributed by atoms with Gasteiger partial charge in [-0.3, -0.25) is 9.69 Å². The Hall–Kier alpha value is -1.96. The zero-order chi connectivity index (χ0) is 22.6. The maximum atomic E-state index is 14.0. The molecule has 1 atom stereocenters. The van der Waals surface area contributed by atoms with E-state index >= 15 is 0 Å².